The molecule has 2 rings (SSSR count). The number of hydrogen-bond donors (Lipinski definition) is 2. The summed E-state index contributed by atoms with van der Waals surface area (Å²) in [5.74, 6) is 3.88. The van der Waals surface area contributed by atoms with Gasteiger partial charge < -0.3 is 20.0 Å². The summed E-state index contributed by atoms with van der Waals surface area (Å²) in [6.07, 6.45) is 3.39. The molecule has 0 aromatic carbocycles. The van der Waals surface area contributed by atoms with Crippen molar-refractivity contribution in [2.24, 2.45) is 0 Å². The number of thioether (sulfide) groups is 1. The number of pyridine rings is 1. The molecule has 8 nitrogen and oxygen atoms in total. The molecule has 28 heavy (non-hydrogen) atoms. The first-order valence-electron chi connectivity index (χ1n) is 9.06. The minimum absolute atomic E-state index is 0.410. The van der Waals surface area contributed by atoms with Gasteiger partial charge in [0, 0.05) is 37.2 Å². The summed E-state index contributed by atoms with van der Waals surface area (Å²) in [7, 11) is 4.01. The van der Waals surface area contributed by atoms with Crippen LogP contribution in [0.2, 0.25) is 0 Å². The third-order valence-electron chi connectivity index (χ3n) is 3.65. The Hall–Kier alpha value is -2.52. The molecule has 0 aliphatic carbocycles. The molecule has 2 N–H and O–H groups in total. The number of furan rings is 1. The normalized spacial score (nSPS) is 11.6. The largest absolute Gasteiger partial charge is 0.464 e. The standard InChI is InChI=1S/C19H27N5O3S/c1-23(2)13-17-6-7-18(27-17)15-28-12-11-22-19(14-24(25)26)21-10-8-16-5-3-4-9-20-16/h3-7,9,14,21-22H,8,10-13,15H2,1-2H3/b19-14+. The summed E-state index contributed by atoms with van der Waals surface area (Å²) in [5.41, 5.74) is 0.943. The lowest BCUT2D eigenvalue weighted by Crippen LogP contribution is -2.30. The van der Waals surface area contributed by atoms with Gasteiger partial charge in [-0.15, -0.1) is 0 Å². The first-order chi connectivity index (χ1) is 13.5. The monoisotopic (exact) mass is 405 g/mol. The van der Waals surface area contributed by atoms with E-state index in [1.165, 1.54) is 0 Å². The number of nitrogens with one attached hydrogen (secondary N) is 2. The average Bonchev–Trinajstić information content (AvgIpc) is 3.08. The second-order valence-electron chi connectivity index (χ2n) is 6.41. The van der Waals surface area contributed by atoms with Gasteiger partial charge in [-0.2, -0.15) is 11.8 Å². The van der Waals surface area contributed by atoms with Crippen molar-refractivity contribution < 1.29 is 9.34 Å². The SMILES string of the molecule is CN(C)Cc1ccc(CSCCN/C(=C/[N+](=O)[O-])NCCc2ccccn2)o1. The van der Waals surface area contributed by atoms with Crippen molar-refractivity contribution in [2.45, 2.75) is 18.7 Å². The number of nitrogens with zero attached hydrogens (tertiary/aromatic N) is 3. The van der Waals surface area contributed by atoms with E-state index in [0.717, 1.165) is 41.5 Å². The van der Waals surface area contributed by atoms with Crippen LogP contribution in [0.25, 0.3) is 0 Å². The smallest absolute Gasteiger partial charge is 0.274 e. The molecular formula is C19H27N5O3S. The lowest BCUT2D eigenvalue weighted by Gasteiger charge is -2.11. The molecule has 0 bridgehead atoms. The molecular weight excluding hydrogens is 378 g/mol. The maximum absolute atomic E-state index is 10.8. The second-order valence-corrected chi connectivity index (χ2v) is 7.52. The lowest BCUT2D eigenvalue weighted by atomic mass is 10.3. The van der Waals surface area contributed by atoms with E-state index < -0.39 is 4.92 Å². The van der Waals surface area contributed by atoms with Gasteiger partial charge in [0.05, 0.1) is 17.2 Å². The van der Waals surface area contributed by atoms with Crippen molar-refractivity contribution in [2.75, 3.05) is 32.9 Å². The van der Waals surface area contributed by atoms with Crippen LogP contribution in [0.1, 0.15) is 17.2 Å². The van der Waals surface area contributed by atoms with E-state index in [9.17, 15) is 10.1 Å². The predicted molar refractivity (Wildman–Crippen MR) is 111 cm³/mol. The highest BCUT2D eigenvalue weighted by Crippen LogP contribution is 2.16. The van der Waals surface area contributed by atoms with E-state index in [2.05, 4.69) is 20.5 Å². The summed E-state index contributed by atoms with van der Waals surface area (Å²) in [6.45, 7) is 1.97. The van der Waals surface area contributed by atoms with Crippen LogP contribution in [0, 0.1) is 10.1 Å². The maximum atomic E-state index is 10.8. The van der Waals surface area contributed by atoms with Gasteiger partial charge >= 0.3 is 0 Å². The second kappa shape index (κ2) is 12.0. The molecule has 0 saturated carbocycles. The van der Waals surface area contributed by atoms with E-state index in [-0.39, 0.29) is 0 Å². The molecule has 0 amide bonds. The van der Waals surface area contributed by atoms with E-state index >= 15 is 0 Å². The van der Waals surface area contributed by atoms with E-state index in [1.807, 2.05) is 44.4 Å². The summed E-state index contributed by atoms with van der Waals surface area (Å²) < 4.78 is 5.77. The maximum Gasteiger partial charge on any atom is 0.274 e. The quantitative estimate of drug-likeness (QED) is 0.298. The van der Waals surface area contributed by atoms with E-state index in [4.69, 9.17) is 4.42 Å². The van der Waals surface area contributed by atoms with Crippen molar-refractivity contribution >= 4 is 11.8 Å². The fraction of sp³-hybridized carbons (Fsp3) is 0.421. The minimum atomic E-state index is -0.460. The number of aromatic nitrogens is 1. The van der Waals surface area contributed by atoms with Gasteiger partial charge in [0.15, 0.2) is 5.82 Å². The summed E-state index contributed by atoms with van der Waals surface area (Å²) in [4.78, 5) is 16.7. The first kappa shape index (κ1) is 21.8. The minimum Gasteiger partial charge on any atom is -0.464 e. The molecule has 0 radical (unpaired) electrons. The Kier molecular flexibility index (Phi) is 9.36. The number of nitro groups is 1. The van der Waals surface area contributed by atoms with Gasteiger partial charge in [0.1, 0.15) is 11.5 Å². The molecule has 2 heterocycles. The molecule has 0 aliphatic heterocycles. The zero-order valence-electron chi connectivity index (χ0n) is 16.3. The summed E-state index contributed by atoms with van der Waals surface area (Å²) in [5, 5.41) is 17.0. The summed E-state index contributed by atoms with van der Waals surface area (Å²) >= 11 is 1.72. The van der Waals surface area contributed by atoms with Gasteiger partial charge in [-0.3, -0.25) is 15.1 Å². The van der Waals surface area contributed by atoms with Gasteiger partial charge in [0.25, 0.3) is 6.20 Å². The highest BCUT2D eigenvalue weighted by atomic mass is 32.2. The van der Waals surface area contributed by atoms with E-state index in [0.29, 0.717) is 25.3 Å². The van der Waals surface area contributed by atoms with Crippen molar-refractivity contribution in [3.63, 3.8) is 0 Å². The van der Waals surface area contributed by atoms with Crippen LogP contribution >= 0.6 is 11.8 Å². The third kappa shape index (κ3) is 8.92. The van der Waals surface area contributed by atoms with Crippen molar-refractivity contribution in [1.29, 1.82) is 0 Å². The number of hydrogen-bond acceptors (Lipinski definition) is 8. The Morgan fingerprint density at radius 3 is 2.75 bits per heavy atom. The predicted octanol–water partition coefficient (Wildman–Crippen LogP) is 2.47. The molecule has 0 spiro atoms. The van der Waals surface area contributed by atoms with Gasteiger partial charge in [-0.05, 0) is 38.4 Å². The molecule has 2 aromatic heterocycles. The van der Waals surface area contributed by atoms with Crippen molar-refractivity contribution in [1.82, 2.24) is 20.5 Å². The Bertz CT molecular complexity index is 749. The van der Waals surface area contributed by atoms with Gasteiger partial charge in [-0.25, -0.2) is 0 Å². The van der Waals surface area contributed by atoms with Crippen LogP contribution in [0.5, 0.6) is 0 Å². The fourth-order valence-electron chi connectivity index (χ4n) is 2.46. The molecule has 2 aromatic rings. The van der Waals surface area contributed by atoms with E-state index in [1.54, 1.807) is 18.0 Å². The Labute approximate surface area is 169 Å². The van der Waals surface area contributed by atoms with Gasteiger partial charge in [-0.1, -0.05) is 6.07 Å². The first-order valence-corrected chi connectivity index (χ1v) is 10.2. The van der Waals surface area contributed by atoms with Crippen LogP contribution < -0.4 is 10.6 Å². The molecule has 0 fully saturated rings. The van der Waals surface area contributed by atoms with Crippen LogP contribution in [-0.4, -0.2) is 47.7 Å². The van der Waals surface area contributed by atoms with Crippen molar-refractivity contribution in [3.05, 3.63) is 75.9 Å². The topological polar surface area (TPSA) is 96.5 Å². The molecule has 152 valence electrons. The highest BCUT2D eigenvalue weighted by molar-refractivity contribution is 7.98. The van der Waals surface area contributed by atoms with Crippen LogP contribution in [-0.2, 0) is 18.7 Å². The molecule has 9 heteroatoms. The van der Waals surface area contributed by atoms with Crippen LogP contribution in [0.4, 0.5) is 0 Å². The molecule has 0 unspecified atom stereocenters. The summed E-state index contributed by atoms with van der Waals surface area (Å²) in [6, 6.07) is 9.71. The third-order valence-corrected chi connectivity index (χ3v) is 4.63. The van der Waals surface area contributed by atoms with Gasteiger partial charge in [0.2, 0.25) is 0 Å². The molecule has 0 atom stereocenters. The highest BCUT2D eigenvalue weighted by Gasteiger charge is 2.05. The zero-order chi connectivity index (χ0) is 20.2. The number of rotatable bonds is 13. The Morgan fingerprint density at radius 1 is 1.25 bits per heavy atom. The molecule has 0 saturated heterocycles. The molecule has 0 aliphatic rings. The zero-order valence-corrected chi connectivity index (χ0v) is 17.1. The lowest BCUT2D eigenvalue weighted by molar-refractivity contribution is -0.404. The average molecular weight is 406 g/mol. The van der Waals surface area contributed by atoms with Crippen LogP contribution in [0.15, 0.2) is 53.0 Å². The Morgan fingerprint density at radius 2 is 2.04 bits per heavy atom. The van der Waals surface area contributed by atoms with Crippen molar-refractivity contribution in [3.8, 4) is 0 Å². The Balaban J connectivity index is 1.67. The fourth-order valence-corrected chi connectivity index (χ4v) is 3.20. The van der Waals surface area contributed by atoms with Crippen LogP contribution in [0.3, 0.4) is 0 Å².